The van der Waals surface area contributed by atoms with Gasteiger partial charge in [-0.15, -0.1) is 24.0 Å². The van der Waals surface area contributed by atoms with E-state index in [0.29, 0.717) is 36.3 Å². The molecular weight excluding hydrogens is 500 g/mol. The third-order valence-corrected chi connectivity index (χ3v) is 4.76. The van der Waals surface area contributed by atoms with E-state index in [4.69, 9.17) is 14.2 Å². The smallest absolute Gasteiger partial charge is 0.191 e. The second-order valence-corrected chi connectivity index (χ2v) is 7.19. The summed E-state index contributed by atoms with van der Waals surface area (Å²) >= 11 is 0. The molecule has 2 aromatic carbocycles. The van der Waals surface area contributed by atoms with E-state index >= 15 is 0 Å². The van der Waals surface area contributed by atoms with Gasteiger partial charge in [0.2, 0.25) is 0 Å². The zero-order chi connectivity index (χ0) is 21.4. The van der Waals surface area contributed by atoms with Crippen molar-refractivity contribution in [2.45, 2.75) is 25.8 Å². The van der Waals surface area contributed by atoms with E-state index in [-0.39, 0.29) is 35.2 Å². The predicted octanol–water partition coefficient (Wildman–Crippen LogP) is 4.11. The van der Waals surface area contributed by atoms with Crippen LogP contribution < -0.4 is 24.8 Å². The van der Waals surface area contributed by atoms with Crippen molar-refractivity contribution in [2.24, 2.45) is 4.99 Å². The van der Waals surface area contributed by atoms with Crippen LogP contribution in [0.15, 0.2) is 41.4 Å². The molecule has 0 saturated heterocycles. The molecule has 0 unspecified atom stereocenters. The van der Waals surface area contributed by atoms with Crippen molar-refractivity contribution >= 4 is 29.9 Å². The van der Waals surface area contributed by atoms with Crippen LogP contribution >= 0.6 is 24.0 Å². The molecule has 2 aromatic rings. The number of guanidine groups is 1. The van der Waals surface area contributed by atoms with E-state index in [1.165, 1.54) is 6.07 Å². The Balaban J connectivity index is 0.00000450. The minimum atomic E-state index is -0.277. The van der Waals surface area contributed by atoms with Gasteiger partial charge >= 0.3 is 0 Å². The van der Waals surface area contributed by atoms with E-state index in [1.807, 2.05) is 12.1 Å². The molecule has 6 nitrogen and oxygen atoms in total. The van der Waals surface area contributed by atoms with Gasteiger partial charge in [-0.05, 0) is 23.8 Å². The molecule has 166 valence electrons. The number of hydrogen-bond donors (Lipinski definition) is 2. The summed E-state index contributed by atoms with van der Waals surface area (Å²) < 4.78 is 29.7. The van der Waals surface area contributed by atoms with Crippen LogP contribution in [0.1, 0.15) is 25.0 Å². The summed E-state index contributed by atoms with van der Waals surface area (Å²) in [5.41, 5.74) is 1.54. The summed E-state index contributed by atoms with van der Waals surface area (Å²) in [6.07, 6.45) is 0. The van der Waals surface area contributed by atoms with Crippen molar-refractivity contribution in [2.75, 3.05) is 34.9 Å². The molecule has 0 aromatic heterocycles. The fourth-order valence-electron chi connectivity index (χ4n) is 2.95. The van der Waals surface area contributed by atoms with E-state index < -0.39 is 0 Å². The number of methoxy groups -OCH3 is 3. The highest BCUT2D eigenvalue weighted by molar-refractivity contribution is 14.0. The fourth-order valence-corrected chi connectivity index (χ4v) is 2.95. The molecule has 0 atom stereocenters. The number of nitrogens with zero attached hydrogens (tertiary/aromatic N) is 1. The zero-order valence-electron chi connectivity index (χ0n) is 18.3. The van der Waals surface area contributed by atoms with Crippen molar-refractivity contribution < 1.29 is 18.6 Å². The van der Waals surface area contributed by atoms with Crippen LogP contribution in [0, 0.1) is 5.82 Å². The zero-order valence-corrected chi connectivity index (χ0v) is 20.7. The van der Waals surface area contributed by atoms with Crippen LogP contribution in [0.3, 0.4) is 0 Å². The van der Waals surface area contributed by atoms with Gasteiger partial charge in [0.25, 0.3) is 0 Å². The lowest BCUT2D eigenvalue weighted by Crippen LogP contribution is -2.43. The van der Waals surface area contributed by atoms with Crippen LogP contribution in [-0.2, 0) is 12.0 Å². The quantitative estimate of drug-likeness (QED) is 0.305. The topological polar surface area (TPSA) is 64.1 Å². The number of nitrogens with one attached hydrogen (secondary N) is 2. The Labute approximate surface area is 195 Å². The first kappa shape index (κ1) is 25.8. The van der Waals surface area contributed by atoms with E-state index in [0.717, 1.165) is 11.1 Å². The maximum atomic E-state index is 13.6. The van der Waals surface area contributed by atoms with Crippen LogP contribution in [0.5, 0.6) is 17.2 Å². The van der Waals surface area contributed by atoms with Crippen LogP contribution in [-0.4, -0.2) is 40.9 Å². The number of benzene rings is 2. The highest BCUT2D eigenvalue weighted by Gasteiger charge is 2.21. The molecule has 30 heavy (non-hydrogen) atoms. The second kappa shape index (κ2) is 11.8. The third-order valence-electron chi connectivity index (χ3n) is 4.76. The first-order chi connectivity index (χ1) is 13.8. The monoisotopic (exact) mass is 531 g/mol. The molecule has 0 aliphatic rings. The third kappa shape index (κ3) is 6.65. The molecule has 0 aliphatic heterocycles. The van der Waals surface area contributed by atoms with Gasteiger partial charge in [0, 0.05) is 37.2 Å². The number of ether oxygens (including phenoxy) is 3. The van der Waals surface area contributed by atoms with Crippen molar-refractivity contribution in [1.82, 2.24) is 10.6 Å². The average Bonchev–Trinajstić information content (AvgIpc) is 2.73. The minimum absolute atomic E-state index is 0. The van der Waals surface area contributed by atoms with Gasteiger partial charge < -0.3 is 24.8 Å². The molecule has 0 heterocycles. The predicted molar refractivity (Wildman–Crippen MR) is 129 cm³/mol. The van der Waals surface area contributed by atoms with Crippen LogP contribution in [0.2, 0.25) is 0 Å². The Hall–Kier alpha value is -2.23. The highest BCUT2D eigenvalue weighted by Crippen LogP contribution is 2.34. The second-order valence-electron chi connectivity index (χ2n) is 7.19. The molecule has 0 radical (unpaired) electrons. The SMILES string of the molecule is CN=C(NCc1cc(OC)c(OC)cc1OC)NCC(C)(C)c1cccc(F)c1.I. The summed E-state index contributed by atoms with van der Waals surface area (Å²) in [6.45, 7) is 5.17. The lowest BCUT2D eigenvalue weighted by atomic mass is 9.84. The molecule has 8 heteroatoms. The van der Waals surface area contributed by atoms with Gasteiger partial charge in [-0.3, -0.25) is 4.99 Å². The van der Waals surface area contributed by atoms with Gasteiger partial charge in [-0.2, -0.15) is 0 Å². The summed E-state index contributed by atoms with van der Waals surface area (Å²) in [4.78, 5) is 4.27. The Morgan fingerprint density at radius 3 is 2.17 bits per heavy atom. The molecular formula is C22H31FIN3O3. The molecule has 0 saturated carbocycles. The van der Waals surface area contributed by atoms with Gasteiger partial charge in [-0.1, -0.05) is 26.0 Å². The summed E-state index contributed by atoms with van der Waals surface area (Å²) in [5, 5.41) is 6.58. The lowest BCUT2D eigenvalue weighted by molar-refractivity contribution is 0.347. The van der Waals surface area contributed by atoms with Crippen molar-refractivity contribution in [3.8, 4) is 17.2 Å². The molecule has 0 aliphatic carbocycles. The van der Waals surface area contributed by atoms with Gasteiger partial charge in [0.15, 0.2) is 17.5 Å². The van der Waals surface area contributed by atoms with E-state index in [9.17, 15) is 4.39 Å². The molecule has 2 N–H and O–H groups in total. The Kier molecular flexibility index (Phi) is 10.2. The molecule has 0 fully saturated rings. The van der Waals surface area contributed by atoms with Crippen molar-refractivity contribution in [3.05, 3.63) is 53.3 Å². The van der Waals surface area contributed by atoms with Gasteiger partial charge in [0.05, 0.1) is 21.3 Å². The summed E-state index contributed by atoms with van der Waals surface area (Å²) in [6, 6.07) is 10.3. The van der Waals surface area contributed by atoms with Crippen molar-refractivity contribution in [1.29, 1.82) is 0 Å². The Bertz CT molecular complexity index is 860. The summed E-state index contributed by atoms with van der Waals surface area (Å²) in [5.74, 6) is 2.31. The first-order valence-electron chi connectivity index (χ1n) is 9.34. The fraction of sp³-hybridized carbons (Fsp3) is 0.409. The molecule has 0 spiro atoms. The molecule has 2 rings (SSSR count). The average molecular weight is 531 g/mol. The largest absolute Gasteiger partial charge is 0.496 e. The highest BCUT2D eigenvalue weighted by atomic mass is 127. The molecule has 0 bridgehead atoms. The normalized spacial score (nSPS) is 11.4. The van der Waals surface area contributed by atoms with Crippen LogP contribution in [0.4, 0.5) is 4.39 Å². The van der Waals surface area contributed by atoms with E-state index in [2.05, 4.69) is 29.5 Å². The number of rotatable bonds is 8. The standard InChI is InChI=1S/C22H30FN3O3.HI/c1-22(2,16-8-7-9-17(23)11-16)14-26-21(24-3)25-13-15-10-19(28-5)20(29-6)12-18(15)27-4;/h7-12H,13-14H2,1-6H3,(H2,24,25,26);1H. The lowest BCUT2D eigenvalue weighted by Gasteiger charge is -2.27. The number of halogens is 2. The number of hydrogen-bond acceptors (Lipinski definition) is 4. The van der Waals surface area contributed by atoms with Crippen LogP contribution in [0.25, 0.3) is 0 Å². The van der Waals surface area contributed by atoms with Crippen molar-refractivity contribution in [3.63, 3.8) is 0 Å². The Morgan fingerprint density at radius 1 is 0.967 bits per heavy atom. The molecule has 0 amide bonds. The maximum Gasteiger partial charge on any atom is 0.191 e. The number of aliphatic imine (C=N–C) groups is 1. The Morgan fingerprint density at radius 2 is 1.60 bits per heavy atom. The first-order valence-corrected chi connectivity index (χ1v) is 9.34. The van der Waals surface area contributed by atoms with Gasteiger partial charge in [0.1, 0.15) is 11.6 Å². The summed E-state index contributed by atoms with van der Waals surface area (Å²) in [7, 11) is 6.49. The minimum Gasteiger partial charge on any atom is -0.496 e. The van der Waals surface area contributed by atoms with Gasteiger partial charge in [-0.25, -0.2) is 4.39 Å². The van der Waals surface area contributed by atoms with E-state index in [1.54, 1.807) is 46.6 Å². The maximum absolute atomic E-state index is 13.6.